The second kappa shape index (κ2) is 6.13. The minimum Gasteiger partial charge on any atom is -0.476 e. The fraction of sp³-hybridized carbons (Fsp3) is 0.353. The summed E-state index contributed by atoms with van der Waals surface area (Å²) in [6.45, 7) is 2.56. The molecule has 0 radical (unpaired) electrons. The number of nitrogens with zero attached hydrogens (tertiary/aromatic N) is 2. The molecule has 22 heavy (non-hydrogen) atoms. The molecule has 1 aliphatic carbocycles. The number of carboxylic acids is 1. The zero-order valence-corrected chi connectivity index (χ0v) is 12.5. The lowest BCUT2D eigenvalue weighted by atomic mass is 9.71. The molecule has 5 nitrogen and oxygen atoms in total. The van der Waals surface area contributed by atoms with Crippen molar-refractivity contribution in [2.24, 2.45) is 5.92 Å². The molecule has 1 aromatic carbocycles. The number of aromatic nitrogens is 2. The van der Waals surface area contributed by atoms with Crippen molar-refractivity contribution < 1.29 is 9.90 Å². The van der Waals surface area contributed by atoms with Gasteiger partial charge in [-0.05, 0) is 37.2 Å². The maximum absolute atomic E-state index is 11.1. The topological polar surface area (TPSA) is 75.1 Å². The highest BCUT2D eigenvalue weighted by atomic mass is 16.4. The predicted octanol–water partition coefficient (Wildman–Crippen LogP) is 3.09. The van der Waals surface area contributed by atoms with E-state index in [9.17, 15) is 4.79 Å². The summed E-state index contributed by atoms with van der Waals surface area (Å²) in [6, 6.07) is 10.6. The van der Waals surface area contributed by atoms with Crippen LogP contribution >= 0.6 is 0 Å². The van der Waals surface area contributed by atoms with Crippen LogP contribution in [-0.2, 0) is 0 Å². The third-order valence-electron chi connectivity index (χ3n) is 4.35. The zero-order chi connectivity index (χ0) is 15.5. The van der Waals surface area contributed by atoms with Crippen LogP contribution in [0.25, 0.3) is 0 Å². The van der Waals surface area contributed by atoms with Gasteiger partial charge in [0.2, 0.25) is 0 Å². The van der Waals surface area contributed by atoms with Crippen LogP contribution in [0.2, 0.25) is 0 Å². The molecule has 114 valence electrons. The Kier molecular flexibility index (Phi) is 4.04. The van der Waals surface area contributed by atoms with Gasteiger partial charge in [0, 0.05) is 12.1 Å². The van der Waals surface area contributed by atoms with Crippen molar-refractivity contribution in [1.29, 1.82) is 0 Å². The molecule has 5 heteroatoms. The molecule has 3 rings (SSSR count). The summed E-state index contributed by atoms with van der Waals surface area (Å²) >= 11 is 0. The molecule has 1 saturated carbocycles. The average molecular weight is 297 g/mol. The number of carbonyl (C=O) groups is 1. The largest absolute Gasteiger partial charge is 0.476 e. The Hall–Kier alpha value is -2.43. The summed E-state index contributed by atoms with van der Waals surface area (Å²) in [4.78, 5) is 19.0. The molecule has 0 unspecified atom stereocenters. The van der Waals surface area contributed by atoms with Gasteiger partial charge in [-0.2, -0.15) is 0 Å². The Labute approximate surface area is 129 Å². The number of benzene rings is 1. The van der Waals surface area contributed by atoms with E-state index in [1.54, 1.807) is 6.92 Å². The fourth-order valence-corrected chi connectivity index (χ4v) is 2.98. The standard InChI is InChI=1S/C17H19N3O2/c1-11-15(17(21)22)19-10-20-16(11)18-9-12-7-14(8-12)13-5-3-2-4-6-13/h2-6,10,12,14H,7-9H2,1H3,(H,21,22)(H,18,19,20). The van der Waals surface area contributed by atoms with Crippen LogP contribution in [0.1, 0.15) is 40.4 Å². The van der Waals surface area contributed by atoms with E-state index in [2.05, 4.69) is 39.6 Å². The van der Waals surface area contributed by atoms with Crippen LogP contribution in [0, 0.1) is 12.8 Å². The number of rotatable bonds is 5. The van der Waals surface area contributed by atoms with Gasteiger partial charge < -0.3 is 10.4 Å². The average Bonchev–Trinajstić information content (AvgIpc) is 2.48. The minimum absolute atomic E-state index is 0.0632. The molecule has 0 spiro atoms. The zero-order valence-electron chi connectivity index (χ0n) is 12.5. The third kappa shape index (κ3) is 2.93. The Bertz CT molecular complexity index is 667. The van der Waals surface area contributed by atoms with Crippen LogP contribution in [0.4, 0.5) is 5.82 Å². The molecular weight excluding hydrogens is 278 g/mol. The molecule has 1 fully saturated rings. The Balaban J connectivity index is 1.55. The predicted molar refractivity (Wildman–Crippen MR) is 84.1 cm³/mol. The highest BCUT2D eigenvalue weighted by Crippen LogP contribution is 2.41. The van der Waals surface area contributed by atoms with E-state index in [4.69, 9.17) is 5.11 Å². The van der Waals surface area contributed by atoms with Crippen LogP contribution in [0.3, 0.4) is 0 Å². The van der Waals surface area contributed by atoms with Gasteiger partial charge in [-0.25, -0.2) is 14.8 Å². The molecule has 1 aromatic heterocycles. The normalized spacial score (nSPS) is 20.2. The molecule has 0 saturated heterocycles. The first-order valence-corrected chi connectivity index (χ1v) is 7.49. The Morgan fingerprint density at radius 3 is 2.68 bits per heavy atom. The monoisotopic (exact) mass is 297 g/mol. The molecule has 0 aliphatic heterocycles. The lowest BCUT2D eigenvalue weighted by Gasteiger charge is -2.36. The SMILES string of the molecule is Cc1c(NCC2CC(c3ccccc3)C2)ncnc1C(=O)O. The summed E-state index contributed by atoms with van der Waals surface area (Å²) in [7, 11) is 0. The van der Waals surface area contributed by atoms with Crippen molar-refractivity contribution >= 4 is 11.8 Å². The summed E-state index contributed by atoms with van der Waals surface area (Å²) in [5.74, 6) is 0.855. The molecule has 0 amide bonds. The van der Waals surface area contributed by atoms with Gasteiger partial charge in [0.05, 0.1) is 0 Å². The number of hydrogen-bond acceptors (Lipinski definition) is 4. The molecular formula is C17H19N3O2. The van der Waals surface area contributed by atoms with Crippen molar-refractivity contribution in [3.63, 3.8) is 0 Å². The highest BCUT2D eigenvalue weighted by molar-refractivity contribution is 5.88. The van der Waals surface area contributed by atoms with Crippen LogP contribution < -0.4 is 5.32 Å². The molecule has 0 atom stereocenters. The first kappa shape index (κ1) is 14.5. The van der Waals surface area contributed by atoms with E-state index in [-0.39, 0.29) is 5.69 Å². The van der Waals surface area contributed by atoms with Gasteiger partial charge >= 0.3 is 5.97 Å². The second-order valence-electron chi connectivity index (χ2n) is 5.83. The maximum Gasteiger partial charge on any atom is 0.354 e. The first-order chi connectivity index (χ1) is 10.6. The maximum atomic E-state index is 11.1. The van der Waals surface area contributed by atoms with E-state index in [1.165, 1.54) is 11.9 Å². The van der Waals surface area contributed by atoms with E-state index in [0.29, 0.717) is 23.2 Å². The summed E-state index contributed by atoms with van der Waals surface area (Å²) in [5, 5.41) is 12.3. The molecule has 0 bridgehead atoms. The van der Waals surface area contributed by atoms with E-state index >= 15 is 0 Å². The number of hydrogen-bond donors (Lipinski definition) is 2. The lowest BCUT2D eigenvalue weighted by molar-refractivity contribution is 0.0689. The highest BCUT2D eigenvalue weighted by Gasteiger charge is 2.30. The van der Waals surface area contributed by atoms with Gasteiger partial charge in [-0.1, -0.05) is 30.3 Å². The van der Waals surface area contributed by atoms with Crippen LogP contribution in [-0.4, -0.2) is 27.6 Å². The number of nitrogens with one attached hydrogen (secondary N) is 1. The minimum atomic E-state index is -1.02. The van der Waals surface area contributed by atoms with Crippen molar-refractivity contribution in [2.45, 2.75) is 25.7 Å². The Morgan fingerprint density at radius 1 is 1.27 bits per heavy atom. The van der Waals surface area contributed by atoms with Gasteiger partial charge in [0.1, 0.15) is 12.1 Å². The van der Waals surface area contributed by atoms with Crippen LogP contribution in [0.5, 0.6) is 0 Å². The van der Waals surface area contributed by atoms with E-state index in [1.807, 2.05) is 6.07 Å². The van der Waals surface area contributed by atoms with Crippen molar-refractivity contribution in [3.05, 3.63) is 53.5 Å². The number of carboxylic acid groups (broad SMARTS) is 1. The molecule has 2 N–H and O–H groups in total. The Morgan fingerprint density at radius 2 is 2.00 bits per heavy atom. The summed E-state index contributed by atoms with van der Waals surface area (Å²) in [5.41, 5.74) is 2.06. The second-order valence-corrected chi connectivity index (χ2v) is 5.83. The smallest absolute Gasteiger partial charge is 0.354 e. The van der Waals surface area contributed by atoms with Crippen molar-refractivity contribution in [1.82, 2.24) is 9.97 Å². The van der Waals surface area contributed by atoms with Crippen molar-refractivity contribution in [3.8, 4) is 0 Å². The number of anilines is 1. The first-order valence-electron chi connectivity index (χ1n) is 7.49. The van der Waals surface area contributed by atoms with Gasteiger partial charge in [0.25, 0.3) is 0 Å². The fourth-order valence-electron chi connectivity index (χ4n) is 2.98. The van der Waals surface area contributed by atoms with Gasteiger partial charge in [-0.15, -0.1) is 0 Å². The lowest BCUT2D eigenvalue weighted by Crippen LogP contribution is -2.28. The number of aromatic carboxylic acids is 1. The van der Waals surface area contributed by atoms with Gasteiger partial charge in [-0.3, -0.25) is 0 Å². The molecule has 1 aliphatic rings. The van der Waals surface area contributed by atoms with Crippen LogP contribution in [0.15, 0.2) is 36.7 Å². The quantitative estimate of drug-likeness (QED) is 0.887. The molecule has 1 heterocycles. The summed E-state index contributed by atoms with van der Waals surface area (Å²) < 4.78 is 0. The summed E-state index contributed by atoms with van der Waals surface area (Å²) in [6.07, 6.45) is 3.62. The molecule has 2 aromatic rings. The third-order valence-corrected chi connectivity index (χ3v) is 4.35. The van der Waals surface area contributed by atoms with E-state index in [0.717, 1.165) is 19.4 Å². The van der Waals surface area contributed by atoms with Crippen molar-refractivity contribution in [2.75, 3.05) is 11.9 Å². The van der Waals surface area contributed by atoms with Gasteiger partial charge in [0.15, 0.2) is 5.69 Å². The van der Waals surface area contributed by atoms with E-state index < -0.39 is 5.97 Å².